The van der Waals surface area contributed by atoms with Gasteiger partial charge in [0.2, 0.25) is 0 Å². The standard InChI is InChI=1S/C31H35N3O2/c1-19-17-34(18-20(2)36-19)23-9-11-33(12-10-23)24-6-8-26-27(15-24)31(3,4)28-14-22-13-21(16-32)5-7-25(22)29(28)30(26)35/h5-8,13,15,19-20,23H,9-12,14,17-18H2,1-4H3/t19-,20+. The van der Waals surface area contributed by atoms with E-state index in [-0.39, 0.29) is 11.2 Å². The average molecular weight is 482 g/mol. The van der Waals surface area contributed by atoms with Gasteiger partial charge in [0.15, 0.2) is 5.78 Å². The fraction of sp³-hybridized carbons (Fsp3) is 0.484. The Hall–Kier alpha value is -2.94. The number of ether oxygens (including phenoxy) is 1. The van der Waals surface area contributed by atoms with E-state index in [1.54, 1.807) is 0 Å². The molecular formula is C31H35N3O2. The van der Waals surface area contributed by atoms with Crippen LogP contribution in [0.3, 0.4) is 0 Å². The molecule has 186 valence electrons. The second-order valence-corrected chi connectivity index (χ2v) is 11.6. The molecule has 4 aliphatic rings. The van der Waals surface area contributed by atoms with Gasteiger partial charge in [0.25, 0.3) is 0 Å². The van der Waals surface area contributed by atoms with E-state index in [2.05, 4.69) is 61.8 Å². The molecule has 0 aromatic heterocycles. The monoisotopic (exact) mass is 481 g/mol. The number of fused-ring (bicyclic) bond motifs is 3. The number of rotatable bonds is 2. The maximum Gasteiger partial charge on any atom is 0.193 e. The van der Waals surface area contributed by atoms with Gasteiger partial charge in [-0.2, -0.15) is 5.26 Å². The summed E-state index contributed by atoms with van der Waals surface area (Å²) in [5, 5.41) is 9.35. The van der Waals surface area contributed by atoms with Crippen LogP contribution in [0.2, 0.25) is 0 Å². The number of hydrogen-bond acceptors (Lipinski definition) is 5. The van der Waals surface area contributed by atoms with Crippen molar-refractivity contribution in [3.8, 4) is 6.07 Å². The van der Waals surface area contributed by atoms with E-state index in [0.29, 0.717) is 23.8 Å². The van der Waals surface area contributed by atoms with Gasteiger partial charge in [-0.15, -0.1) is 0 Å². The molecule has 2 aliphatic heterocycles. The van der Waals surface area contributed by atoms with Crippen LogP contribution < -0.4 is 4.90 Å². The summed E-state index contributed by atoms with van der Waals surface area (Å²) in [7, 11) is 0. The summed E-state index contributed by atoms with van der Waals surface area (Å²) < 4.78 is 5.94. The Kier molecular flexibility index (Phi) is 5.59. The molecule has 2 aromatic rings. The van der Waals surface area contributed by atoms with Crippen molar-refractivity contribution in [3.05, 3.63) is 69.8 Å². The van der Waals surface area contributed by atoms with Crippen LogP contribution in [0, 0.1) is 11.3 Å². The highest BCUT2D eigenvalue weighted by Gasteiger charge is 2.43. The summed E-state index contributed by atoms with van der Waals surface area (Å²) in [5.74, 6) is 0.128. The first kappa shape index (κ1) is 23.5. The Labute approximate surface area is 214 Å². The minimum atomic E-state index is -0.237. The van der Waals surface area contributed by atoms with Gasteiger partial charge in [0.1, 0.15) is 0 Å². The summed E-state index contributed by atoms with van der Waals surface area (Å²) in [4.78, 5) is 18.8. The predicted octanol–water partition coefficient (Wildman–Crippen LogP) is 5.12. The Morgan fingerprint density at radius 3 is 2.39 bits per heavy atom. The summed E-state index contributed by atoms with van der Waals surface area (Å²) >= 11 is 0. The molecule has 0 bridgehead atoms. The van der Waals surface area contributed by atoms with Crippen LogP contribution in [0.5, 0.6) is 0 Å². The van der Waals surface area contributed by atoms with Crippen LogP contribution in [-0.4, -0.2) is 55.1 Å². The number of Topliss-reactive ketones (excluding diaryl/α,β-unsaturated/α-hetero) is 1. The summed E-state index contributed by atoms with van der Waals surface area (Å²) in [5.41, 5.74) is 7.75. The number of morpholine rings is 1. The number of allylic oxidation sites excluding steroid dienone is 2. The van der Waals surface area contributed by atoms with Crippen LogP contribution in [0.15, 0.2) is 42.0 Å². The van der Waals surface area contributed by atoms with Crippen LogP contribution in [0.4, 0.5) is 5.69 Å². The lowest BCUT2D eigenvalue weighted by Gasteiger charge is -2.44. The summed E-state index contributed by atoms with van der Waals surface area (Å²) in [6.45, 7) is 13.0. The molecule has 5 nitrogen and oxygen atoms in total. The van der Waals surface area contributed by atoms with E-state index >= 15 is 0 Å². The van der Waals surface area contributed by atoms with Crippen molar-refractivity contribution in [1.82, 2.24) is 4.90 Å². The topological polar surface area (TPSA) is 56.6 Å². The van der Waals surface area contributed by atoms with Crippen LogP contribution in [0.25, 0.3) is 5.57 Å². The Morgan fingerprint density at radius 1 is 1.00 bits per heavy atom. The largest absolute Gasteiger partial charge is 0.373 e. The van der Waals surface area contributed by atoms with Crippen LogP contribution in [0.1, 0.15) is 73.1 Å². The quantitative estimate of drug-likeness (QED) is 0.596. The van der Waals surface area contributed by atoms with Crippen molar-refractivity contribution in [3.63, 3.8) is 0 Å². The fourth-order valence-corrected chi connectivity index (χ4v) is 7.03. The van der Waals surface area contributed by atoms with E-state index in [0.717, 1.165) is 73.3 Å². The molecule has 2 heterocycles. The molecule has 0 saturated carbocycles. The molecule has 0 amide bonds. The van der Waals surface area contributed by atoms with E-state index in [4.69, 9.17) is 4.74 Å². The average Bonchev–Trinajstić information content (AvgIpc) is 3.27. The van der Waals surface area contributed by atoms with E-state index in [1.807, 2.05) is 18.2 Å². The molecule has 6 rings (SSSR count). The van der Waals surface area contributed by atoms with Gasteiger partial charge in [-0.1, -0.05) is 19.9 Å². The highest BCUT2D eigenvalue weighted by molar-refractivity contribution is 6.33. The van der Waals surface area contributed by atoms with Gasteiger partial charge >= 0.3 is 0 Å². The first-order valence-corrected chi connectivity index (χ1v) is 13.4. The molecule has 0 N–H and O–H groups in total. The number of carbonyl (C=O) groups is 1. The first-order valence-electron chi connectivity index (χ1n) is 13.4. The lowest BCUT2D eigenvalue weighted by Crippen LogP contribution is -2.53. The molecule has 0 spiro atoms. The second-order valence-electron chi connectivity index (χ2n) is 11.6. The molecule has 2 fully saturated rings. The van der Waals surface area contributed by atoms with Gasteiger partial charge in [0, 0.05) is 54.5 Å². The number of nitriles is 1. The van der Waals surface area contributed by atoms with Crippen molar-refractivity contribution in [1.29, 1.82) is 5.26 Å². The molecule has 2 saturated heterocycles. The van der Waals surface area contributed by atoms with Gasteiger partial charge < -0.3 is 9.64 Å². The van der Waals surface area contributed by atoms with Gasteiger partial charge in [-0.05, 0) is 85.7 Å². The molecule has 2 aliphatic carbocycles. The lowest BCUT2D eigenvalue weighted by atomic mass is 9.68. The summed E-state index contributed by atoms with van der Waals surface area (Å²) in [6, 6.07) is 15.1. The number of nitrogens with zero attached hydrogens (tertiary/aromatic N) is 3. The smallest absolute Gasteiger partial charge is 0.193 e. The number of ketones is 1. The SMILES string of the molecule is C[C@@H]1CN(C2CCN(c3ccc4c(c3)C(C)(C)C3=C(C4=O)c4ccc(C#N)cc4C3)CC2)C[C@H](C)O1. The highest BCUT2D eigenvalue weighted by Crippen LogP contribution is 2.50. The third kappa shape index (κ3) is 3.70. The maximum atomic E-state index is 13.7. The van der Waals surface area contributed by atoms with Gasteiger partial charge in [-0.25, -0.2) is 0 Å². The Morgan fingerprint density at radius 2 is 1.69 bits per heavy atom. The van der Waals surface area contributed by atoms with Crippen molar-refractivity contribution >= 4 is 17.0 Å². The van der Waals surface area contributed by atoms with Crippen LogP contribution in [-0.2, 0) is 16.6 Å². The molecule has 0 radical (unpaired) electrons. The van der Waals surface area contributed by atoms with E-state index in [9.17, 15) is 10.1 Å². The van der Waals surface area contributed by atoms with Gasteiger partial charge in [0.05, 0.1) is 23.8 Å². The van der Waals surface area contributed by atoms with Crippen molar-refractivity contribution in [2.24, 2.45) is 0 Å². The minimum absolute atomic E-state index is 0.128. The molecule has 36 heavy (non-hydrogen) atoms. The van der Waals surface area contributed by atoms with Crippen molar-refractivity contribution in [2.45, 2.75) is 70.6 Å². The predicted molar refractivity (Wildman–Crippen MR) is 142 cm³/mol. The lowest BCUT2D eigenvalue weighted by molar-refractivity contribution is -0.0826. The fourth-order valence-electron chi connectivity index (χ4n) is 7.03. The molecule has 2 aromatic carbocycles. The Bertz CT molecular complexity index is 1300. The van der Waals surface area contributed by atoms with Crippen LogP contribution >= 0.6 is 0 Å². The number of hydrogen-bond donors (Lipinski definition) is 0. The van der Waals surface area contributed by atoms with Crippen molar-refractivity contribution < 1.29 is 9.53 Å². The number of anilines is 1. The summed E-state index contributed by atoms with van der Waals surface area (Å²) in [6.07, 6.45) is 3.67. The Balaban J connectivity index is 1.24. The number of carbonyl (C=O) groups excluding carboxylic acids is 1. The zero-order valence-electron chi connectivity index (χ0n) is 21.8. The van der Waals surface area contributed by atoms with Crippen molar-refractivity contribution in [2.75, 3.05) is 31.1 Å². The minimum Gasteiger partial charge on any atom is -0.373 e. The highest BCUT2D eigenvalue weighted by atomic mass is 16.5. The maximum absolute atomic E-state index is 13.7. The first-order chi connectivity index (χ1) is 17.3. The number of piperidine rings is 1. The third-order valence-corrected chi connectivity index (χ3v) is 8.87. The second kappa shape index (κ2) is 8.57. The van der Waals surface area contributed by atoms with Gasteiger partial charge in [-0.3, -0.25) is 9.69 Å². The van der Waals surface area contributed by atoms with E-state index < -0.39 is 0 Å². The molecule has 5 heteroatoms. The zero-order valence-corrected chi connectivity index (χ0v) is 21.8. The van der Waals surface area contributed by atoms with E-state index in [1.165, 1.54) is 11.3 Å². The molecule has 2 atom stereocenters. The third-order valence-electron chi connectivity index (χ3n) is 8.87. The zero-order chi connectivity index (χ0) is 25.2. The number of benzene rings is 2. The molecule has 0 unspecified atom stereocenters. The normalized spacial score (nSPS) is 25.9. The molecular weight excluding hydrogens is 446 g/mol.